The topological polar surface area (TPSA) is 82.6 Å². The maximum absolute atomic E-state index is 12.8. The SMILES string of the molecule is Cn1cncc1[C@@H]1CN(C(=O)c2cc(Cl)c3c(c2)OCO3)C[C@H]1N. The van der Waals surface area contributed by atoms with Crippen LogP contribution in [0.4, 0.5) is 0 Å². The van der Waals surface area contributed by atoms with Gasteiger partial charge in [0, 0.05) is 49.6 Å². The lowest BCUT2D eigenvalue weighted by Gasteiger charge is -2.17. The average molecular weight is 349 g/mol. The molecule has 1 fully saturated rings. The fraction of sp³-hybridized carbons (Fsp3) is 0.375. The van der Waals surface area contributed by atoms with E-state index in [-0.39, 0.29) is 24.7 Å². The van der Waals surface area contributed by atoms with Crippen LogP contribution in [-0.4, -0.2) is 46.3 Å². The summed E-state index contributed by atoms with van der Waals surface area (Å²) in [5.74, 6) is 0.929. The number of likely N-dealkylation sites (tertiary alicyclic amines) is 1. The summed E-state index contributed by atoms with van der Waals surface area (Å²) in [5.41, 5.74) is 7.76. The molecule has 0 unspecified atom stereocenters. The maximum atomic E-state index is 12.8. The molecule has 1 aromatic heterocycles. The van der Waals surface area contributed by atoms with Crippen LogP contribution in [0.1, 0.15) is 22.0 Å². The molecule has 0 saturated carbocycles. The number of hydrogen-bond acceptors (Lipinski definition) is 5. The molecule has 0 spiro atoms. The Hall–Kier alpha value is -2.25. The van der Waals surface area contributed by atoms with Gasteiger partial charge in [0.15, 0.2) is 11.5 Å². The molecular formula is C16H17ClN4O3. The standard InChI is InChI=1S/C16H17ClN4O3/c1-20-7-19-4-13(20)10-5-21(6-12(10)18)16(22)9-2-11(17)15-14(3-9)23-8-24-15/h2-4,7,10,12H,5-6,8,18H2,1H3/t10-,12-/m1/s1. The number of halogens is 1. The first kappa shape index (κ1) is 15.3. The van der Waals surface area contributed by atoms with Gasteiger partial charge in [-0.25, -0.2) is 4.98 Å². The molecule has 1 saturated heterocycles. The summed E-state index contributed by atoms with van der Waals surface area (Å²) in [5, 5.41) is 0.375. The van der Waals surface area contributed by atoms with Crippen molar-refractivity contribution in [3.8, 4) is 11.5 Å². The van der Waals surface area contributed by atoms with Crippen molar-refractivity contribution in [1.29, 1.82) is 0 Å². The van der Waals surface area contributed by atoms with Gasteiger partial charge >= 0.3 is 0 Å². The number of benzene rings is 1. The third kappa shape index (κ3) is 2.40. The van der Waals surface area contributed by atoms with Crippen LogP contribution >= 0.6 is 11.6 Å². The lowest BCUT2D eigenvalue weighted by atomic mass is 10.0. The number of ether oxygens (including phenoxy) is 2. The van der Waals surface area contributed by atoms with E-state index in [4.69, 9.17) is 26.8 Å². The highest BCUT2D eigenvalue weighted by Gasteiger charge is 2.36. The maximum Gasteiger partial charge on any atom is 0.254 e. The van der Waals surface area contributed by atoms with Crippen LogP contribution in [0.5, 0.6) is 11.5 Å². The van der Waals surface area contributed by atoms with Gasteiger partial charge in [0.1, 0.15) is 0 Å². The van der Waals surface area contributed by atoms with E-state index in [9.17, 15) is 4.79 Å². The van der Waals surface area contributed by atoms with Crippen molar-refractivity contribution in [1.82, 2.24) is 14.5 Å². The van der Waals surface area contributed by atoms with E-state index in [1.807, 2.05) is 11.6 Å². The van der Waals surface area contributed by atoms with Gasteiger partial charge in [0.25, 0.3) is 5.91 Å². The van der Waals surface area contributed by atoms with Crippen LogP contribution < -0.4 is 15.2 Å². The van der Waals surface area contributed by atoms with Gasteiger partial charge in [-0.1, -0.05) is 11.6 Å². The van der Waals surface area contributed by atoms with E-state index < -0.39 is 0 Å². The predicted molar refractivity (Wildman–Crippen MR) is 87.4 cm³/mol. The van der Waals surface area contributed by atoms with Gasteiger partial charge < -0.3 is 24.7 Å². The van der Waals surface area contributed by atoms with Gasteiger partial charge in [-0.3, -0.25) is 4.79 Å². The molecule has 1 amide bonds. The number of nitrogens with zero attached hydrogens (tertiary/aromatic N) is 3. The van der Waals surface area contributed by atoms with Crippen molar-refractivity contribution in [2.45, 2.75) is 12.0 Å². The fourth-order valence-electron chi connectivity index (χ4n) is 3.31. The van der Waals surface area contributed by atoms with Gasteiger partial charge in [-0.2, -0.15) is 0 Å². The highest BCUT2D eigenvalue weighted by molar-refractivity contribution is 6.32. The molecule has 0 bridgehead atoms. The number of aromatic nitrogens is 2. The number of imidazole rings is 1. The minimum atomic E-state index is -0.131. The Morgan fingerprint density at radius 1 is 1.38 bits per heavy atom. The first-order valence-corrected chi connectivity index (χ1v) is 8.02. The Balaban J connectivity index is 1.58. The Bertz CT molecular complexity index is 807. The molecule has 0 aliphatic carbocycles. The number of carbonyl (C=O) groups is 1. The van der Waals surface area contributed by atoms with Crippen LogP contribution in [0, 0.1) is 0 Å². The van der Waals surface area contributed by atoms with Crippen LogP contribution in [0.3, 0.4) is 0 Å². The molecule has 0 radical (unpaired) electrons. The summed E-state index contributed by atoms with van der Waals surface area (Å²) >= 11 is 6.17. The number of carbonyl (C=O) groups excluding carboxylic acids is 1. The molecule has 1 aromatic carbocycles. The van der Waals surface area contributed by atoms with E-state index in [0.29, 0.717) is 35.2 Å². The Kier molecular flexibility index (Phi) is 3.62. The highest BCUT2D eigenvalue weighted by atomic mass is 35.5. The van der Waals surface area contributed by atoms with Crippen molar-refractivity contribution in [3.05, 3.63) is 40.9 Å². The van der Waals surface area contributed by atoms with Crippen molar-refractivity contribution in [2.75, 3.05) is 19.9 Å². The highest BCUT2D eigenvalue weighted by Crippen LogP contribution is 2.40. The smallest absolute Gasteiger partial charge is 0.254 e. The van der Waals surface area contributed by atoms with Crippen molar-refractivity contribution in [3.63, 3.8) is 0 Å². The third-order valence-electron chi connectivity index (χ3n) is 4.56. The summed E-state index contributed by atoms with van der Waals surface area (Å²) in [6.45, 7) is 1.15. The van der Waals surface area contributed by atoms with E-state index in [1.165, 1.54) is 0 Å². The molecule has 2 aromatic rings. The molecule has 8 heteroatoms. The van der Waals surface area contributed by atoms with Gasteiger partial charge in [-0.05, 0) is 12.1 Å². The lowest BCUT2D eigenvalue weighted by molar-refractivity contribution is 0.0788. The predicted octanol–water partition coefficient (Wildman–Crippen LogP) is 1.37. The molecule has 2 aliphatic heterocycles. The number of rotatable bonds is 2. The summed E-state index contributed by atoms with van der Waals surface area (Å²) < 4.78 is 12.6. The number of nitrogens with two attached hydrogens (primary N) is 1. The minimum absolute atomic E-state index is 0.0610. The summed E-state index contributed by atoms with van der Waals surface area (Å²) in [6, 6.07) is 3.15. The second-order valence-electron chi connectivity index (χ2n) is 6.10. The molecule has 2 atom stereocenters. The van der Waals surface area contributed by atoms with Gasteiger partial charge in [0.2, 0.25) is 6.79 Å². The number of amides is 1. The molecule has 24 heavy (non-hydrogen) atoms. The molecular weight excluding hydrogens is 332 g/mol. The van der Waals surface area contributed by atoms with Gasteiger partial charge in [0.05, 0.1) is 11.3 Å². The molecule has 7 nitrogen and oxygen atoms in total. The zero-order valence-corrected chi connectivity index (χ0v) is 13.9. The zero-order chi connectivity index (χ0) is 16.8. The average Bonchev–Trinajstić information content (AvgIpc) is 3.26. The number of hydrogen-bond donors (Lipinski definition) is 1. The normalized spacial score (nSPS) is 22.2. The van der Waals surface area contributed by atoms with E-state index >= 15 is 0 Å². The van der Waals surface area contributed by atoms with E-state index in [0.717, 1.165) is 5.69 Å². The monoisotopic (exact) mass is 348 g/mol. The van der Waals surface area contributed by atoms with Crippen LogP contribution in [0.15, 0.2) is 24.7 Å². The van der Waals surface area contributed by atoms with Crippen LogP contribution in [-0.2, 0) is 7.05 Å². The quantitative estimate of drug-likeness (QED) is 0.886. The summed E-state index contributed by atoms with van der Waals surface area (Å²) in [6.07, 6.45) is 3.54. The first-order chi connectivity index (χ1) is 11.5. The van der Waals surface area contributed by atoms with Crippen LogP contribution in [0.25, 0.3) is 0 Å². The van der Waals surface area contributed by atoms with E-state index in [1.54, 1.807) is 29.6 Å². The lowest BCUT2D eigenvalue weighted by Crippen LogP contribution is -2.32. The molecule has 4 rings (SSSR count). The second-order valence-corrected chi connectivity index (χ2v) is 6.51. The number of aryl methyl sites for hydroxylation is 1. The fourth-order valence-corrected chi connectivity index (χ4v) is 3.57. The first-order valence-electron chi connectivity index (χ1n) is 7.65. The Morgan fingerprint density at radius 3 is 2.96 bits per heavy atom. The molecule has 2 aliphatic rings. The number of fused-ring (bicyclic) bond motifs is 1. The molecule has 126 valence electrons. The Morgan fingerprint density at radius 2 is 2.21 bits per heavy atom. The third-order valence-corrected chi connectivity index (χ3v) is 4.84. The minimum Gasteiger partial charge on any atom is -0.454 e. The van der Waals surface area contributed by atoms with Crippen molar-refractivity contribution in [2.24, 2.45) is 12.8 Å². The van der Waals surface area contributed by atoms with Crippen molar-refractivity contribution < 1.29 is 14.3 Å². The van der Waals surface area contributed by atoms with Gasteiger partial charge in [-0.15, -0.1) is 0 Å². The molecule has 3 heterocycles. The second kappa shape index (κ2) is 5.68. The van der Waals surface area contributed by atoms with Crippen molar-refractivity contribution >= 4 is 17.5 Å². The molecule has 2 N–H and O–H groups in total. The Labute approximate surface area is 143 Å². The van der Waals surface area contributed by atoms with E-state index in [2.05, 4.69) is 4.98 Å². The summed E-state index contributed by atoms with van der Waals surface area (Å²) in [7, 11) is 1.93. The zero-order valence-electron chi connectivity index (χ0n) is 13.1. The summed E-state index contributed by atoms with van der Waals surface area (Å²) in [4.78, 5) is 18.7. The van der Waals surface area contributed by atoms with Crippen LogP contribution in [0.2, 0.25) is 5.02 Å². The largest absolute Gasteiger partial charge is 0.454 e.